The number of nitrogens with zero attached hydrogens (tertiary/aromatic N) is 1. The third-order valence-corrected chi connectivity index (χ3v) is 6.57. The van der Waals surface area contributed by atoms with E-state index in [2.05, 4.69) is 10.5 Å². The molecule has 1 aromatic heterocycles. The van der Waals surface area contributed by atoms with Crippen LogP contribution >= 0.6 is 22.9 Å². The lowest BCUT2D eigenvalue weighted by atomic mass is 10.2. The van der Waals surface area contributed by atoms with Crippen molar-refractivity contribution in [3.05, 3.63) is 87.8 Å². The molecule has 0 unspecified atom stereocenters. The molecule has 4 rings (SSSR count). The first kappa shape index (κ1) is 24.3. The number of hydrogen-bond acceptors (Lipinski definition) is 7. The van der Waals surface area contributed by atoms with Crippen LogP contribution in [0.4, 0.5) is 0 Å². The van der Waals surface area contributed by atoms with Crippen molar-refractivity contribution in [2.75, 3.05) is 13.7 Å². The number of hydrogen-bond donors (Lipinski definition) is 1. The fraction of sp³-hybridized carbons (Fsp3) is 0.115. The van der Waals surface area contributed by atoms with Crippen LogP contribution in [0.5, 0.6) is 17.2 Å². The van der Waals surface area contributed by atoms with Gasteiger partial charge in [0, 0.05) is 15.6 Å². The predicted molar refractivity (Wildman–Crippen MR) is 137 cm³/mol. The van der Waals surface area contributed by atoms with Gasteiger partial charge in [0.1, 0.15) is 10.6 Å². The number of carbonyl (C=O) groups excluding carboxylic acids is 2. The molecule has 0 saturated carbocycles. The lowest BCUT2D eigenvalue weighted by Crippen LogP contribution is -2.17. The monoisotopic (exact) mass is 508 g/mol. The lowest BCUT2D eigenvalue weighted by molar-refractivity contribution is 0.0734. The van der Waals surface area contributed by atoms with E-state index in [0.717, 1.165) is 10.1 Å². The topological polar surface area (TPSA) is 86.2 Å². The van der Waals surface area contributed by atoms with Crippen molar-refractivity contribution in [3.63, 3.8) is 0 Å². The van der Waals surface area contributed by atoms with Crippen LogP contribution in [0.1, 0.15) is 32.5 Å². The number of hydrazone groups is 1. The molecule has 35 heavy (non-hydrogen) atoms. The van der Waals surface area contributed by atoms with Gasteiger partial charge in [-0.3, -0.25) is 4.79 Å². The standard InChI is InChI=1S/C26H21ClN2O5S/c1-3-33-18-11-9-17(10-12-18)25(30)29-28-15-16-8-13-20(21(14-16)32-2)34-26(31)24-23(27)19-6-4-5-7-22(19)35-24/h4-15H,3H2,1-2H3,(H,29,30)/b28-15-. The van der Waals surface area contributed by atoms with Crippen molar-refractivity contribution >= 4 is 51.1 Å². The van der Waals surface area contributed by atoms with E-state index >= 15 is 0 Å². The summed E-state index contributed by atoms with van der Waals surface area (Å²) in [4.78, 5) is 25.4. The second-order valence-corrected chi connectivity index (χ2v) is 8.63. The summed E-state index contributed by atoms with van der Waals surface area (Å²) in [5.74, 6) is 0.328. The maximum absolute atomic E-state index is 12.8. The Labute approximate surface area is 210 Å². The summed E-state index contributed by atoms with van der Waals surface area (Å²) >= 11 is 7.65. The van der Waals surface area contributed by atoms with Crippen molar-refractivity contribution in [1.29, 1.82) is 0 Å². The second kappa shape index (κ2) is 11.0. The van der Waals surface area contributed by atoms with E-state index < -0.39 is 5.97 Å². The number of halogens is 1. The van der Waals surface area contributed by atoms with E-state index in [1.807, 2.05) is 31.2 Å². The van der Waals surface area contributed by atoms with Crippen LogP contribution in [0.15, 0.2) is 71.8 Å². The highest BCUT2D eigenvalue weighted by molar-refractivity contribution is 7.21. The molecule has 0 bridgehead atoms. The van der Waals surface area contributed by atoms with Gasteiger partial charge >= 0.3 is 5.97 Å². The second-order valence-electron chi connectivity index (χ2n) is 7.20. The van der Waals surface area contributed by atoms with Gasteiger partial charge in [-0.15, -0.1) is 11.3 Å². The summed E-state index contributed by atoms with van der Waals surface area (Å²) in [6.45, 7) is 2.44. The van der Waals surface area contributed by atoms with Gasteiger partial charge in [0.05, 0.1) is 25.0 Å². The van der Waals surface area contributed by atoms with Crippen molar-refractivity contribution in [1.82, 2.24) is 5.43 Å². The molecule has 178 valence electrons. The Kier molecular flexibility index (Phi) is 7.64. The number of methoxy groups -OCH3 is 1. The first-order valence-corrected chi connectivity index (χ1v) is 11.8. The highest BCUT2D eigenvalue weighted by atomic mass is 35.5. The third kappa shape index (κ3) is 5.62. The minimum atomic E-state index is -0.571. The van der Waals surface area contributed by atoms with Crippen molar-refractivity contribution < 1.29 is 23.8 Å². The van der Waals surface area contributed by atoms with Gasteiger partial charge in [-0.1, -0.05) is 29.8 Å². The fourth-order valence-corrected chi connectivity index (χ4v) is 4.62. The summed E-state index contributed by atoms with van der Waals surface area (Å²) in [5, 5.41) is 5.16. The molecule has 1 heterocycles. The molecule has 0 fully saturated rings. The Morgan fingerprint density at radius 1 is 1.06 bits per heavy atom. The maximum atomic E-state index is 12.8. The van der Waals surface area contributed by atoms with Crippen LogP contribution < -0.4 is 19.6 Å². The van der Waals surface area contributed by atoms with Gasteiger partial charge in [-0.25, -0.2) is 10.2 Å². The predicted octanol–water partition coefficient (Wildman–Crippen LogP) is 5.95. The smallest absolute Gasteiger partial charge is 0.355 e. The summed E-state index contributed by atoms with van der Waals surface area (Å²) < 4.78 is 17.2. The van der Waals surface area contributed by atoms with Gasteiger partial charge in [0.25, 0.3) is 5.91 Å². The summed E-state index contributed by atoms with van der Waals surface area (Å²) in [5.41, 5.74) is 3.56. The molecule has 0 radical (unpaired) electrons. The zero-order valence-corrected chi connectivity index (χ0v) is 20.5. The van der Waals surface area contributed by atoms with E-state index in [1.54, 1.807) is 42.5 Å². The Bertz CT molecular complexity index is 1400. The van der Waals surface area contributed by atoms with Crippen LogP contribution in [-0.4, -0.2) is 31.8 Å². The minimum absolute atomic E-state index is 0.238. The Balaban J connectivity index is 1.43. The molecule has 0 saturated heterocycles. The van der Waals surface area contributed by atoms with E-state index in [9.17, 15) is 9.59 Å². The quantitative estimate of drug-likeness (QED) is 0.138. The molecule has 1 amide bonds. The molecular formula is C26H21ClN2O5S. The lowest BCUT2D eigenvalue weighted by Gasteiger charge is -2.09. The van der Waals surface area contributed by atoms with Crippen LogP contribution in [0.2, 0.25) is 5.02 Å². The van der Waals surface area contributed by atoms with Crippen LogP contribution in [0, 0.1) is 0 Å². The number of amides is 1. The number of fused-ring (bicyclic) bond motifs is 1. The number of benzene rings is 3. The molecule has 0 spiro atoms. The molecule has 4 aromatic rings. The third-order valence-electron chi connectivity index (χ3n) is 4.92. The number of rotatable bonds is 8. The number of esters is 1. The van der Waals surface area contributed by atoms with Crippen molar-refractivity contribution in [3.8, 4) is 17.2 Å². The SMILES string of the molecule is CCOc1ccc(C(=O)N/N=C\c2ccc(OC(=O)c3sc4ccccc4c3Cl)c(OC)c2)cc1. The molecule has 0 aliphatic carbocycles. The zero-order chi connectivity index (χ0) is 24.8. The molecule has 9 heteroatoms. The number of nitrogens with one attached hydrogen (secondary N) is 1. The Morgan fingerprint density at radius 2 is 1.83 bits per heavy atom. The van der Waals surface area contributed by atoms with E-state index in [4.69, 9.17) is 25.8 Å². The first-order chi connectivity index (χ1) is 17.0. The van der Waals surface area contributed by atoms with Gasteiger partial charge in [0.15, 0.2) is 11.5 Å². The summed E-state index contributed by atoms with van der Waals surface area (Å²) in [6.07, 6.45) is 1.46. The molecule has 0 aliphatic rings. The number of ether oxygens (including phenoxy) is 3. The maximum Gasteiger partial charge on any atom is 0.355 e. The first-order valence-electron chi connectivity index (χ1n) is 10.6. The normalized spacial score (nSPS) is 10.9. The highest BCUT2D eigenvalue weighted by Crippen LogP contribution is 2.37. The van der Waals surface area contributed by atoms with Crippen molar-refractivity contribution in [2.45, 2.75) is 6.92 Å². The number of thiophene rings is 1. The van der Waals surface area contributed by atoms with Crippen molar-refractivity contribution in [2.24, 2.45) is 5.10 Å². The average molecular weight is 509 g/mol. The molecule has 0 aliphatic heterocycles. The largest absolute Gasteiger partial charge is 0.494 e. The van der Waals surface area contributed by atoms with E-state index in [-0.39, 0.29) is 11.7 Å². The molecule has 0 atom stereocenters. The molecule has 7 nitrogen and oxygen atoms in total. The highest BCUT2D eigenvalue weighted by Gasteiger charge is 2.20. The van der Waals surface area contributed by atoms with Crippen LogP contribution in [0.3, 0.4) is 0 Å². The van der Waals surface area contributed by atoms with Crippen LogP contribution in [-0.2, 0) is 0 Å². The minimum Gasteiger partial charge on any atom is -0.494 e. The Hall–Kier alpha value is -3.88. The summed E-state index contributed by atoms with van der Waals surface area (Å²) in [7, 11) is 1.47. The van der Waals surface area contributed by atoms with Gasteiger partial charge in [-0.2, -0.15) is 5.10 Å². The summed E-state index contributed by atoms with van der Waals surface area (Å²) in [6, 6.07) is 19.2. The van der Waals surface area contributed by atoms with Gasteiger partial charge in [0.2, 0.25) is 0 Å². The number of carbonyl (C=O) groups is 2. The zero-order valence-electron chi connectivity index (χ0n) is 18.9. The molecular weight excluding hydrogens is 488 g/mol. The van der Waals surface area contributed by atoms with Gasteiger partial charge < -0.3 is 14.2 Å². The molecule has 1 N–H and O–H groups in total. The average Bonchev–Trinajstić information content (AvgIpc) is 3.22. The Morgan fingerprint density at radius 3 is 2.54 bits per heavy atom. The molecule has 3 aromatic carbocycles. The van der Waals surface area contributed by atoms with E-state index in [0.29, 0.717) is 39.1 Å². The van der Waals surface area contributed by atoms with E-state index in [1.165, 1.54) is 24.7 Å². The fourth-order valence-electron chi connectivity index (χ4n) is 3.24. The van der Waals surface area contributed by atoms with Crippen LogP contribution in [0.25, 0.3) is 10.1 Å². The van der Waals surface area contributed by atoms with Gasteiger partial charge in [-0.05, 0) is 61.0 Å².